The number of thiophene rings is 1. The molecule has 0 fully saturated rings. The number of rotatable bonds is 6. The number of aryl methyl sites for hydroxylation is 1. The average Bonchev–Trinajstić information content (AvgIpc) is 3.05. The monoisotopic (exact) mass is 416 g/mol. The molecule has 7 nitrogen and oxygen atoms in total. The maximum atomic E-state index is 12.9. The standard InChI is InChI=1S/C21H24N2O5S/c1-12(19(25)23-14-7-6-8-15(11-14)27-3)28-21(26)18-16-9-4-5-10-17(16)29-20(18)22-13(2)24/h6-8,11-12H,4-5,9-10H2,1-3H3,(H,22,24)(H,23,25)/t12-/m0/s1. The Morgan fingerprint density at radius 2 is 1.90 bits per heavy atom. The lowest BCUT2D eigenvalue weighted by Crippen LogP contribution is -2.30. The summed E-state index contributed by atoms with van der Waals surface area (Å²) < 4.78 is 10.6. The molecule has 1 aliphatic rings. The highest BCUT2D eigenvalue weighted by Crippen LogP contribution is 2.38. The first-order valence-electron chi connectivity index (χ1n) is 9.47. The van der Waals surface area contributed by atoms with Crippen LogP contribution in [0.5, 0.6) is 5.75 Å². The average molecular weight is 416 g/mol. The zero-order valence-electron chi connectivity index (χ0n) is 16.7. The molecule has 1 aliphatic carbocycles. The number of esters is 1. The van der Waals surface area contributed by atoms with Gasteiger partial charge in [-0.25, -0.2) is 4.79 Å². The summed E-state index contributed by atoms with van der Waals surface area (Å²) in [5.74, 6) is -0.683. The predicted octanol–water partition coefficient (Wildman–Crippen LogP) is 3.78. The molecular formula is C21H24N2O5S. The molecule has 0 spiro atoms. The van der Waals surface area contributed by atoms with Crippen LogP contribution in [0.1, 0.15) is 47.5 Å². The van der Waals surface area contributed by atoms with Crippen molar-refractivity contribution in [2.45, 2.75) is 45.6 Å². The largest absolute Gasteiger partial charge is 0.497 e. The summed E-state index contributed by atoms with van der Waals surface area (Å²) in [6, 6.07) is 6.92. The SMILES string of the molecule is COc1cccc(NC(=O)[C@H](C)OC(=O)c2c(NC(C)=O)sc3c2CCCC3)c1. The molecule has 1 aromatic carbocycles. The second-order valence-electron chi connectivity index (χ2n) is 6.86. The lowest BCUT2D eigenvalue weighted by molar-refractivity contribution is -0.123. The van der Waals surface area contributed by atoms with Gasteiger partial charge in [-0.05, 0) is 50.3 Å². The number of hydrogen-bond acceptors (Lipinski definition) is 6. The number of carbonyl (C=O) groups is 3. The highest BCUT2D eigenvalue weighted by molar-refractivity contribution is 7.17. The van der Waals surface area contributed by atoms with Crippen molar-refractivity contribution in [3.05, 3.63) is 40.3 Å². The molecule has 0 bridgehead atoms. The number of fused-ring (bicyclic) bond motifs is 1. The van der Waals surface area contributed by atoms with Crippen LogP contribution in [0.4, 0.5) is 10.7 Å². The highest BCUT2D eigenvalue weighted by atomic mass is 32.1. The molecular weight excluding hydrogens is 392 g/mol. The minimum absolute atomic E-state index is 0.249. The molecule has 0 aliphatic heterocycles. The minimum atomic E-state index is -1.00. The van der Waals surface area contributed by atoms with Crippen LogP contribution in [-0.4, -0.2) is 31.0 Å². The van der Waals surface area contributed by atoms with E-state index in [2.05, 4.69) is 10.6 Å². The van der Waals surface area contributed by atoms with E-state index in [9.17, 15) is 14.4 Å². The maximum Gasteiger partial charge on any atom is 0.342 e. The van der Waals surface area contributed by atoms with E-state index in [1.54, 1.807) is 31.4 Å². The Morgan fingerprint density at radius 1 is 1.14 bits per heavy atom. The van der Waals surface area contributed by atoms with Crippen molar-refractivity contribution in [1.29, 1.82) is 0 Å². The number of carbonyl (C=O) groups excluding carboxylic acids is 3. The van der Waals surface area contributed by atoms with Gasteiger partial charge in [0.25, 0.3) is 5.91 Å². The van der Waals surface area contributed by atoms with Gasteiger partial charge in [-0.2, -0.15) is 0 Å². The second-order valence-corrected chi connectivity index (χ2v) is 7.97. The van der Waals surface area contributed by atoms with Crippen LogP contribution in [0.3, 0.4) is 0 Å². The van der Waals surface area contributed by atoms with Crippen molar-refractivity contribution in [3.8, 4) is 5.75 Å². The molecule has 1 aromatic heterocycles. The summed E-state index contributed by atoms with van der Waals surface area (Å²) in [5, 5.41) is 5.94. The Morgan fingerprint density at radius 3 is 2.62 bits per heavy atom. The maximum absolute atomic E-state index is 12.9. The number of hydrogen-bond donors (Lipinski definition) is 2. The molecule has 29 heavy (non-hydrogen) atoms. The van der Waals surface area contributed by atoms with E-state index in [1.807, 2.05) is 0 Å². The van der Waals surface area contributed by atoms with Gasteiger partial charge in [0.05, 0.1) is 12.7 Å². The van der Waals surface area contributed by atoms with Crippen LogP contribution < -0.4 is 15.4 Å². The van der Waals surface area contributed by atoms with Gasteiger partial charge >= 0.3 is 5.97 Å². The summed E-state index contributed by atoms with van der Waals surface area (Å²) in [6.45, 7) is 2.92. The van der Waals surface area contributed by atoms with Gasteiger partial charge < -0.3 is 20.1 Å². The number of ether oxygens (including phenoxy) is 2. The molecule has 1 heterocycles. The van der Waals surface area contributed by atoms with Crippen LogP contribution in [0.25, 0.3) is 0 Å². The first-order chi connectivity index (χ1) is 13.9. The van der Waals surface area contributed by atoms with Gasteiger partial charge in [0.15, 0.2) is 6.10 Å². The third-order valence-electron chi connectivity index (χ3n) is 4.66. The summed E-state index contributed by atoms with van der Waals surface area (Å²) in [7, 11) is 1.54. The van der Waals surface area contributed by atoms with Gasteiger partial charge in [0, 0.05) is 23.6 Å². The van der Waals surface area contributed by atoms with Gasteiger partial charge in [0.2, 0.25) is 5.91 Å². The van der Waals surface area contributed by atoms with Crippen molar-refractivity contribution in [1.82, 2.24) is 0 Å². The summed E-state index contributed by atoms with van der Waals surface area (Å²) in [5.41, 5.74) is 1.85. The molecule has 154 valence electrons. The normalized spacial score (nSPS) is 13.8. The number of nitrogens with one attached hydrogen (secondary N) is 2. The predicted molar refractivity (Wildman–Crippen MR) is 112 cm³/mol. The molecule has 0 radical (unpaired) electrons. The van der Waals surface area contributed by atoms with Crippen LogP contribution in [0.2, 0.25) is 0 Å². The van der Waals surface area contributed by atoms with Crippen molar-refractivity contribution in [2.24, 2.45) is 0 Å². The van der Waals surface area contributed by atoms with E-state index >= 15 is 0 Å². The van der Waals surface area contributed by atoms with Gasteiger partial charge in [-0.3, -0.25) is 9.59 Å². The first kappa shape index (κ1) is 20.9. The molecule has 3 rings (SSSR count). The van der Waals surface area contributed by atoms with E-state index in [0.29, 0.717) is 22.0 Å². The van der Waals surface area contributed by atoms with Gasteiger partial charge in [-0.15, -0.1) is 11.3 Å². The lowest BCUT2D eigenvalue weighted by Gasteiger charge is -2.16. The Hall–Kier alpha value is -2.87. The van der Waals surface area contributed by atoms with Gasteiger partial charge in [0.1, 0.15) is 10.8 Å². The molecule has 0 unspecified atom stereocenters. The van der Waals surface area contributed by atoms with Crippen LogP contribution in [0, 0.1) is 0 Å². The molecule has 0 saturated heterocycles. The van der Waals surface area contributed by atoms with Crippen molar-refractivity contribution < 1.29 is 23.9 Å². The van der Waals surface area contributed by atoms with Crippen LogP contribution in [-0.2, 0) is 27.2 Å². The Balaban J connectivity index is 1.74. The van der Waals surface area contributed by atoms with E-state index in [4.69, 9.17) is 9.47 Å². The number of anilines is 2. The summed E-state index contributed by atoms with van der Waals surface area (Å²) in [4.78, 5) is 38.0. The Kier molecular flexibility index (Phi) is 6.53. The van der Waals surface area contributed by atoms with Crippen molar-refractivity contribution in [2.75, 3.05) is 17.7 Å². The Bertz CT molecular complexity index is 937. The fourth-order valence-corrected chi connectivity index (χ4v) is 4.57. The smallest absolute Gasteiger partial charge is 0.342 e. The lowest BCUT2D eigenvalue weighted by atomic mass is 9.95. The van der Waals surface area contributed by atoms with E-state index < -0.39 is 18.0 Å². The molecule has 8 heteroatoms. The molecule has 1 atom stereocenters. The fourth-order valence-electron chi connectivity index (χ4n) is 3.25. The van der Waals surface area contributed by atoms with E-state index in [1.165, 1.54) is 25.2 Å². The third-order valence-corrected chi connectivity index (χ3v) is 5.86. The third kappa shape index (κ3) is 4.95. The van der Waals surface area contributed by atoms with E-state index in [0.717, 1.165) is 36.1 Å². The van der Waals surface area contributed by atoms with Gasteiger partial charge in [-0.1, -0.05) is 6.07 Å². The number of benzene rings is 1. The topological polar surface area (TPSA) is 93.7 Å². The van der Waals surface area contributed by atoms with Crippen LogP contribution in [0.15, 0.2) is 24.3 Å². The fraction of sp³-hybridized carbons (Fsp3) is 0.381. The molecule has 2 aromatic rings. The highest BCUT2D eigenvalue weighted by Gasteiger charge is 2.29. The van der Waals surface area contributed by atoms with Crippen LogP contribution >= 0.6 is 11.3 Å². The van der Waals surface area contributed by atoms with E-state index in [-0.39, 0.29) is 5.91 Å². The Labute approximate surface area is 173 Å². The molecule has 2 N–H and O–H groups in total. The first-order valence-corrected chi connectivity index (χ1v) is 10.3. The van der Waals surface area contributed by atoms with Crippen molar-refractivity contribution in [3.63, 3.8) is 0 Å². The quantitative estimate of drug-likeness (QED) is 0.699. The summed E-state index contributed by atoms with van der Waals surface area (Å²) >= 11 is 1.41. The number of amides is 2. The zero-order valence-corrected chi connectivity index (χ0v) is 17.5. The molecule has 0 saturated carbocycles. The second kappa shape index (κ2) is 9.09. The van der Waals surface area contributed by atoms with Crippen molar-refractivity contribution >= 4 is 39.8 Å². The summed E-state index contributed by atoms with van der Waals surface area (Å²) in [6.07, 6.45) is 2.68. The molecule has 2 amide bonds. The minimum Gasteiger partial charge on any atom is -0.497 e. The zero-order chi connectivity index (χ0) is 21.0. The number of methoxy groups -OCH3 is 1.